The molecule has 1 fully saturated rings. The molecule has 22 heavy (non-hydrogen) atoms. The van der Waals surface area contributed by atoms with E-state index in [2.05, 4.69) is 0 Å². The second kappa shape index (κ2) is 5.99. The number of carbonyl (C=O) groups excluding carboxylic acids is 1. The molecule has 5 heteroatoms. The molecular weight excluding hydrogens is 277 g/mol. The lowest BCUT2D eigenvalue weighted by Gasteiger charge is -2.32. The maximum atomic E-state index is 11.3. The summed E-state index contributed by atoms with van der Waals surface area (Å²) in [5.74, 6) is 0. The summed E-state index contributed by atoms with van der Waals surface area (Å²) in [6.07, 6.45) is 2.75. The Morgan fingerprint density at radius 2 is 1.77 bits per heavy atom. The highest BCUT2D eigenvalue weighted by molar-refractivity contribution is 6.56. The highest BCUT2D eigenvalue weighted by Crippen LogP contribution is 2.38. The maximum Gasteiger partial charge on any atom is 0.491 e. The van der Waals surface area contributed by atoms with Gasteiger partial charge in [-0.25, -0.2) is 0 Å². The monoisotopic (exact) mass is 301 g/mol. The van der Waals surface area contributed by atoms with Crippen molar-refractivity contribution in [2.75, 3.05) is 6.54 Å². The Labute approximate surface area is 132 Å². The van der Waals surface area contributed by atoms with Gasteiger partial charge in [-0.2, -0.15) is 0 Å². The molecule has 0 bridgehead atoms. The van der Waals surface area contributed by atoms with Gasteiger partial charge in [-0.05, 0) is 51.7 Å². The number of carbonyl (C=O) groups is 1. The fourth-order valence-electron chi connectivity index (χ4n) is 2.35. The van der Waals surface area contributed by atoms with Gasteiger partial charge in [-0.15, -0.1) is 0 Å². The number of hydrogen-bond acceptors (Lipinski definition) is 4. The summed E-state index contributed by atoms with van der Waals surface area (Å²) in [5, 5.41) is 0. The van der Waals surface area contributed by atoms with Crippen LogP contribution in [-0.2, 0) is 9.31 Å². The van der Waals surface area contributed by atoms with Crippen molar-refractivity contribution in [3.63, 3.8) is 0 Å². The molecular formula is C17H24BNO3. The van der Waals surface area contributed by atoms with Gasteiger partial charge < -0.3 is 15.0 Å². The first-order chi connectivity index (χ1) is 10.2. The number of hydrogen-bond donors (Lipinski definition) is 1. The van der Waals surface area contributed by atoms with Gasteiger partial charge in [-0.1, -0.05) is 23.8 Å². The second-order valence-electron chi connectivity index (χ2n) is 6.76. The third-order valence-corrected chi connectivity index (χ3v) is 4.50. The van der Waals surface area contributed by atoms with Gasteiger partial charge in [0.15, 0.2) is 6.29 Å². The van der Waals surface area contributed by atoms with Crippen LogP contribution in [0.1, 0.15) is 49.2 Å². The van der Waals surface area contributed by atoms with Crippen molar-refractivity contribution in [3.05, 3.63) is 40.4 Å². The van der Waals surface area contributed by atoms with Gasteiger partial charge in [0, 0.05) is 12.1 Å². The first-order valence-electron chi connectivity index (χ1n) is 7.52. The molecule has 0 aliphatic carbocycles. The molecule has 1 aromatic carbocycles. The number of rotatable bonds is 4. The standard InChI is InChI=1S/C17H24BNO3/c1-12-6-7-13(14(8-12)11-20)9-15(10-19)18-21-16(2,3)17(4,5)22-18/h6-9,11H,10,19H2,1-5H3. The van der Waals surface area contributed by atoms with E-state index in [0.717, 1.165) is 22.9 Å². The SMILES string of the molecule is Cc1ccc(C=C(CN)B2OC(C)(C)C(C)(C)O2)c(C=O)c1. The zero-order chi connectivity index (χ0) is 16.5. The molecule has 1 heterocycles. The Morgan fingerprint density at radius 3 is 2.27 bits per heavy atom. The smallest absolute Gasteiger partial charge is 0.400 e. The van der Waals surface area contributed by atoms with Crippen molar-refractivity contribution in [1.82, 2.24) is 0 Å². The van der Waals surface area contributed by atoms with Crippen molar-refractivity contribution in [2.24, 2.45) is 5.73 Å². The normalized spacial score (nSPS) is 20.3. The van der Waals surface area contributed by atoms with E-state index in [1.54, 1.807) is 0 Å². The second-order valence-corrected chi connectivity index (χ2v) is 6.76. The summed E-state index contributed by atoms with van der Waals surface area (Å²) < 4.78 is 12.1. The fraction of sp³-hybridized carbons (Fsp3) is 0.471. The van der Waals surface area contributed by atoms with Crippen LogP contribution < -0.4 is 5.73 Å². The minimum absolute atomic E-state index is 0.309. The first-order valence-corrected chi connectivity index (χ1v) is 7.52. The zero-order valence-electron chi connectivity index (χ0n) is 14.0. The first kappa shape index (κ1) is 16.9. The summed E-state index contributed by atoms with van der Waals surface area (Å²) in [4.78, 5) is 11.3. The van der Waals surface area contributed by atoms with Gasteiger partial charge in [0.2, 0.25) is 0 Å². The van der Waals surface area contributed by atoms with E-state index in [1.165, 1.54) is 0 Å². The van der Waals surface area contributed by atoms with Crippen LogP contribution in [0.3, 0.4) is 0 Å². The average Bonchev–Trinajstić information content (AvgIpc) is 2.65. The van der Waals surface area contributed by atoms with E-state index in [0.29, 0.717) is 12.1 Å². The quantitative estimate of drug-likeness (QED) is 0.686. The minimum Gasteiger partial charge on any atom is -0.400 e. The zero-order valence-corrected chi connectivity index (χ0v) is 14.0. The van der Waals surface area contributed by atoms with Gasteiger partial charge in [0.05, 0.1) is 11.2 Å². The predicted octanol–water partition coefficient (Wildman–Crippen LogP) is 2.78. The van der Waals surface area contributed by atoms with E-state index in [-0.39, 0.29) is 0 Å². The molecule has 1 aromatic rings. The van der Waals surface area contributed by atoms with E-state index in [1.807, 2.05) is 58.9 Å². The highest BCUT2D eigenvalue weighted by atomic mass is 16.7. The number of aldehydes is 1. The molecule has 0 radical (unpaired) electrons. The summed E-state index contributed by atoms with van der Waals surface area (Å²) >= 11 is 0. The Hall–Kier alpha value is -1.43. The van der Waals surface area contributed by atoms with Crippen LogP contribution in [-0.4, -0.2) is 31.2 Å². The van der Waals surface area contributed by atoms with Crippen molar-refractivity contribution in [1.29, 1.82) is 0 Å². The van der Waals surface area contributed by atoms with Gasteiger partial charge in [0.1, 0.15) is 0 Å². The lowest BCUT2D eigenvalue weighted by atomic mass is 9.77. The summed E-state index contributed by atoms with van der Waals surface area (Å²) in [6.45, 7) is 10.3. The molecule has 0 aromatic heterocycles. The molecule has 0 unspecified atom stereocenters. The molecule has 0 amide bonds. The number of nitrogens with two attached hydrogens (primary N) is 1. The fourth-order valence-corrected chi connectivity index (χ4v) is 2.35. The maximum absolute atomic E-state index is 11.3. The van der Waals surface area contributed by atoms with E-state index >= 15 is 0 Å². The molecule has 1 saturated heterocycles. The Morgan fingerprint density at radius 1 is 1.18 bits per heavy atom. The number of aryl methyl sites for hydroxylation is 1. The molecule has 1 aliphatic heterocycles. The third-order valence-electron chi connectivity index (χ3n) is 4.50. The molecule has 0 atom stereocenters. The van der Waals surface area contributed by atoms with Crippen LogP contribution in [0.25, 0.3) is 6.08 Å². The topological polar surface area (TPSA) is 61.6 Å². The van der Waals surface area contributed by atoms with Gasteiger partial charge in [0.25, 0.3) is 0 Å². The molecule has 2 rings (SSSR count). The lowest BCUT2D eigenvalue weighted by molar-refractivity contribution is 0.00578. The van der Waals surface area contributed by atoms with E-state index < -0.39 is 18.3 Å². The Kier molecular flexibility index (Phi) is 4.61. The summed E-state index contributed by atoms with van der Waals surface area (Å²) in [5.41, 5.74) is 8.40. The minimum atomic E-state index is -0.490. The molecule has 118 valence electrons. The molecule has 2 N–H and O–H groups in total. The Bertz CT molecular complexity index is 592. The van der Waals surface area contributed by atoms with Crippen LogP contribution in [0, 0.1) is 6.92 Å². The summed E-state index contributed by atoms with van der Waals surface area (Å²) in [6, 6.07) is 5.74. The van der Waals surface area contributed by atoms with Crippen LogP contribution in [0.5, 0.6) is 0 Å². The van der Waals surface area contributed by atoms with E-state index in [4.69, 9.17) is 15.0 Å². The molecule has 4 nitrogen and oxygen atoms in total. The third kappa shape index (κ3) is 3.17. The van der Waals surface area contributed by atoms with Gasteiger partial charge in [-0.3, -0.25) is 4.79 Å². The van der Waals surface area contributed by atoms with Crippen LogP contribution in [0.4, 0.5) is 0 Å². The molecule has 1 aliphatic rings. The molecule has 0 saturated carbocycles. The number of benzene rings is 1. The van der Waals surface area contributed by atoms with Crippen LogP contribution >= 0.6 is 0 Å². The molecule has 0 spiro atoms. The van der Waals surface area contributed by atoms with E-state index in [9.17, 15) is 4.79 Å². The largest absolute Gasteiger partial charge is 0.491 e. The Balaban J connectivity index is 2.36. The van der Waals surface area contributed by atoms with Gasteiger partial charge >= 0.3 is 7.12 Å². The van der Waals surface area contributed by atoms with Crippen molar-refractivity contribution >= 4 is 19.5 Å². The summed E-state index contributed by atoms with van der Waals surface area (Å²) in [7, 11) is -0.490. The van der Waals surface area contributed by atoms with Crippen molar-refractivity contribution in [2.45, 2.75) is 45.8 Å². The van der Waals surface area contributed by atoms with Crippen LogP contribution in [0.15, 0.2) is 23.7 Å². The predicted molar refractivity (Wildman–Crippen MR) is 89.7 cm³/mol. The van der Waals surface area contributed by atoms with Crippen molar-refractivity contribution in [3.8, 4) is 0 Å². The highest BCUT2D eigenvalue weighted by Gasteiger charge is 2.52. The van der Waals surface area contributed by atoms with Crippen molar-refractivity contribution < 1.29 is 14.1 Å². The lowest BCUT2D eigenvalue weighted by Crippen LogP contribution is -2.41. The average molecular weight is 301 g/mol. The van der Waals surface area contributed by atoms with Crippen LogP contribution in [0.2, 0.25) is 0 Å².